The molecule has 0 bridgehead atoms. The van der Waals surface area contributed by atoms with Gasteiger partial charge in [-0.15, -0.1) is 0 Å². The number of allylic oxidation sites excluding steroid dienone is 2. The van der Waals surface area contributed by atoms with Gasteiger partial charge in [0.05, 0.1) is 0 Å². The first-order valence-electron chi connectivity index (χ1n) is 13.5. The molecule has 7 atom stereocenters. The van der Waals surface area contributed by atoms with Gasteiger partial charge in [0.1, 0.15) is 6.10 Å². The average molecular weight is 429 g/mol. The van der Waals surface area contributed by atoms with Crippen LogP contribution in [0, 0.1) is 40.4 Å². The summed E-state index contributed by atoms with van der Waals surface area (Å²) in [6.07, 6.45) is 16.0. The highest BCUT2D eigenvalue weighted by atomic mass is 16.5. The van der Waals surface area contributed by atoms with Crippen LogP contribution in [0.15, 0.2) is 11.1 Å². The van der Waals surface area contributed by atoms with Gasteiger partial charge < -0.3 is 4.74 Å². The van der Waals surface area contributed by atoms with Gasteiger partial charge in [0.2, 0.25) is 0 Å². The molecule has 0 radical (unpaired) electrons. The molecule has 4 aliphatic carbocycles. The van der Waals surface area contributed by atoms with Crippen molar-refractivity contribution in [3.8, 4) is 0 Å². The maximum Gasteiger partial charge on any atom is 0.302 e. The highest BCUT2D eigenvalue weighted by Gasteiger charge is 2.56. The Bertz CT molecular complexity index is 706. The van der Waals surface area contributed by atoms with Crippen molar-refractivity contribution in [2.45, 2.75) is 125 Å². The number of rotatable bonds is 6. The van der Waals surface area contributed by atoms with Crippen LogP contribution in [0.5, 0.6) is 0 Å². The average Bonchev–Trinajstić information content (AvgIpc) is 3.05. The van der Waals surface area contributed by atoms with Gasteiger partial charge in [-0.1, -0.05) is 65.0 Å². The Kier molecular flexibility index (Phi) is 6.68. The molecule has 0 N–H and O–H groups in total. The zero-order chi connectivity index (χ0) is 22.4. The van der Waals surface area contributed by atoms with E-state index in [-0.39, 0.29) is 12.1 Å². The molecule has 2 heteroatoms. The van der Waals surface area contributed by atoms with Crippen molar-refractivity contribution in [3.63, 3.8) is 0 Å². The number of ether oxygens (including phenoxy) is 1. The van der Waals surface area contributed by atoms with E-state index >= 15 is 0 Å². The van der Waals surface area contributed by atoms with Crippen LogP contribution in [-0.2, 0) is 9.53 Å². The third-order valence-corrected chi connectivity index (χ3v) is 10.5. The van der Waals surface area contributed by atoms with Crippen molar-refractivity contribution in [1.29, 1.82) is 0 Å². The number of hydrogen-bond donors (Lipinski definition) is 0. The number of esters is 1. The second-order valence-electron chi connectivity index (χ2n) is 12.7. The summed E-state index contributed by atoms with van der Waals surface area (Å²) in [5.74, 6) is 4.09. The third kappa shape index (κ3) is 4.26. The maximum absolute atomic E-state index is 11.5. The van der Waals surface area contributed by atoms with Crippen LogP contribution in [0.4, 0.5) is 0 Å². The molecule has 0 aliphatic heterocycles. The van der Waals surface area contributed by atoms with Gasteiger partial charge in [-0.05, 0) is 98.2 Å². The third-order valence-electron chi connectivity index (χ3n) is 10.5. The van der Waals surface area contributed by atoms with Crippen molar-refractivity contribution in [1.82, 2.24) is 0 Å². The van der Waals surface area contributed by atoms with Crippen LogP contribution >= 0.6 is 0 Å². The SMILES string of the molecule is CC(=O)O[C@H]1CC[C@]2(C)C3=C(CC[C@H]2C1)[C@@H]1CC[C@H]([C@H](C)CCCC(C)C)[C@@]1(C)CC3. The largest absolute Gasteiger partial charge is 0.463 e. The lowest BCUT2D eigenvalue weighted by Crippen LogP contribution is -2.46. The van der Waals surface area contributed by atoms with Gasteiger partial charge in [0.15, 0.2) is 0 Å². The Balaban J connectivity index is 1.49. The molecular formula is C29H48O2. The van der Waals surface area contributed by atoms with Crippen LogP contribution in [0.3, 0.4) is 0 Å². The monoisotopic (exact) mass is 428 g/mol. The van der Waals surface area contributed by atoms with Crippen molar-refractivity contribution < 1.29 is 9.53 Å². The van der Waals surface area contributed by atoms with Crippen LogP contribution in [-0.4, -0.2) is 12.1 Å². The topological polar surface area (TPSA) is 26.3 Å². The number of carbonyl (C=O) groups excluding carboxylic acids is 1. The van der Waals surface area contributed by atoms with Crippen LogP contribution < -0.4 is 0 Å². The van der Waals surface area contributed by atoms with Crippen molar-refractivity contribution >= 4 is 5.97 Å². The summed E-state index contributed by atoms with van der Waals surface area (Å²) >= 11 is 0. The molecule has 0 saturated heterocycles. The molecule has 0 spiro atoms. The van der Waals surface area contributed by atoms with E-state index in [1.807, 2.05) is 11.1 Å². The minimum Gasteiger partial charge on any atom is -0.463 e. The molecule has 2 nitrogen and oxygen atoms in total. The van der Waals surface area contributed by atoms with Gasteiger partial charge in [0, 0.05) is 6.92 Å². The van der Waals surface area contributed by atoms with E-state index in [9.17, 15) is 4.79 Å². The van der Waals surface area contributed by atoms with Gasteiger partial charge in [-0.3, -0.25) is 4.79 Å². The first kappa shape index (κ1) is 23.4. The van der Waals surface area contributed by atoms with Crippen LogP contribution in [0.25, 0.3) is 0 Å². The predicted octanol–water partition coefficient (Wildman–Crippen LogP) is 8.10. The molecule has 0 aromatic rings. The Morgan fingerprint density at radius 3 is 2.52 bits per heavy atom. The highest BCUT2D eigenvalue weighted by Crippen LogP contribution is 2.66. The predicted molar refractivity (Wildman–Crippen MR) is 129 cm³/mol. The first-order chi connectivity index (χ1) is 14.6. The van der Waals surface area contributed by atoms with Crippen molar-refractivity contribution in [3.05, 3.63) is 11.1 Å². The molecule has 2 saturated carbocycles. The fourth-order valence-corrected chi connectivity index (χ4v) is 8.79. The number of hydrogen-bond acceptors (Lipinski definition) is 2. The summed E-state index contributed by atoms with van der Waals surface area (Å²) in [6.45, 7) is 14.1. The maximum atomic E-state index is 11.5. The van der Waals surface area contributed by atoms with Crippen molar-refractivity contribution in [2.24, 2.45) is 40.4 Å². The summed E-state index contributed by atoms with van der Waals surface area (Å²) < 4.78 is 5.64. The zero-order valence-electron chi connectivity index (χ0n) is 21.3. The minimum atomic E-state index is -0.0998. The Hall–Kier alpha value is -0.790. The van der Waals surface area contributed by atoms with E-state index in [1.54, 1.807) is 6.92 Å². The second kappa shape index (κ2) is 8.86. The summed E-state index contributed by atoms with van der Waals surface area (Å²) in [7, 11) is 0. The molecule has 0 aromatic carbocycles. The molecule has 2 fully saturated rings. The molecule has 4 aliphatic rings. The van der Waals surface area contributed by atoms with Gasteiger partial charge in [-0.25, -0.2) is 0 Å². The highest BCUT2D eigenvalue weighted by molar-refractivity contribution is 5.66. The summed E-state index contributed by atoms with van der Waals surface area (Å²) in [5.41, 5.74) is 4.66. The Morgan fingerprint density at radius 2 is 1.81 bits per heavy atom. The molecular weight excluding hydrogens is 380 g/mol. The van der Waals surface area contributed by atoms with Gasteiger partial charge >= 0.3 is 5.97 Å². The number of fused-ring (bicyclic) bond motifs is 4. The lowest BCUT2D eigenvalue weighted by atomic mass is 9.50. The van der Waals surface area contributed by atoms with E-state index < -0.39 is 0 Å². The lowest BCUT2D eigenvalue weighted by molar-refractivity contribution is -0.150. The molecule has 0 amide bonds. The Morgan fingerprint density at radius 1 is 1.03 bits per heavy atom. The van der Waals surface area contributed by atoms with E-state index in [0.29, 0.717) is 16.7 Å². The first-order valence-corrected chi connectivity index (χ1v) is 13.5. The van der Waals surface area contributed by atoms with Crippen molar-refractivity contribution in [2.75, 3.05) is 0 Å². The van der Waals surface area contributed by atoms with Crippen LogP contribution in [0.2, 0.25) is 0 Å². The van der Waals surface area contributed by atoms with Crippen LogP contribution in [0.1, 0.15) is 119 Å². The molecule has 4 rings (SSSR count). The summed E-state index contributed by atoms with van der Waals surface area (Å²) in [6, 6.07) is 0. The fraction of sp³-hybridized carbons (Fsp3) is 0.897. The second-order valence-corrected chi connectivity index (χ2v) is 12.7. The zero-order valence-corrected chi connectivity index (χ0v) is 21.3. The molecule has 0 aromatic heterocycles. The number of carbonyl (C=O) groups is 1. The normalized spacial score (nSPS) is 40.9. The lowest BCUT2D eigenvalue weighted by Gasteiger charge is -2.55. The quantitative estimate of drug-likeness (QED) is 0.315. The fourth-order valence-electron chi connectivity index (χ4n) is 8.79. The molecule has 176 valence electrons. The van der Waals surface area contributed by atoms with E-state index in [0.717, 1.165) is 36.5 Å². The van der Waals surface area contributed by atoms with E-state index in [4.69, 9.17) is 4.74 Å². The smallest absolute Gasteiger partial charge is 0.302 e. The molecule has 0 unspecified atom stereocenters. The minimum absolute atomic E-state index is 0.0998. The van der Waals surface area contributed by atoms with E-state index in [2.05, 4.69) is 34.6 Å². The Labute approximate surface area is 192 Å². The molecule has 0 heterocycles. The molecule has 31 heavy (non-hydrogen) atoms. The standard InChI is InChI=1S/C29H48O2/c1-19(2)8-7-9-20(3)25-12-13-26-24-11-10-22-18-23(31-21(4)30)14-16-28(22,5)27(24)15-17-29(25,26)6/h19-20,22-23,25-26H,7-18H2,1-6H3/t20-,22+,23+,25-,26+,28+,29-/m1/s1. The van der Waals surface area contributed by atoms with Gasteiger partial charge in [-0.2, -0.15) is 0 Å². The van der Waals surface area contributed by atoms with Gasteiger partial charge in [0.25, 0.3) is 0 Å². The van der Waals surface area contributed by atoms with E-state index in [1.165, 1.54) is 64.2 Å². The summed E-state index contributed by atoms with van der Waals surface area (Å²) in [5, 5.41) is 0. The summed E-state index contributed by atoms with van der Waals surface area (Å²) in [4.78, 5) is 11.5.